The number of hydrogen-bond acceptors (Lipinski definition) is 1. The molecule has 0 saturated heterocycles. The Bertz CT molecular complexity index is 697. The van der Waals surface area contributed by atoms with E-state index in [0.717, 1.165) is 28.3 Å². The minimum atomic E-state index is -0.360. The van der Waals surface area contributed by atoms with Crippen LogP contribution in [-0.2, 0) is 10.2 Å². The summed E-state index contributed by atoms with van der Waals surface area (Å²) in [5, 5.41) is 3.72. The number of halogens is 1. The third kappa shape index (κ3) is 1.41. The molecular formula is C16H12ClNO. The normalized spacial score (nSPS) is 27.2. The first-order valence-corrected chi connectivity index (χ1v) is 6.76. The molecule has 0 bridgehead atoms. The van der Waals surface area contributed by atoms with Crippen molar-refractivity contribution >= 4 is 23.2 Å². The van der Waals surface area contributed by atoms with Crippen LogP contribution in [0.5, 0.6) is 0 Å². The van der Waals surface area contributed by atoms with Crippen molar-refractivity contribution in [2.24, 2.45) is 0 Å². The zero-order valence-electron chi connectivity index (χ0n) is 10.2. The van der Waals surface area contributed by atoms with E-state index in [-0.39, 0.29) is 17.2 Å². The molecule has 1 aliphatic carbocycles. The van der Waals surface area contributed by atoms with Crippen molar-refractivity contribution < 1.29 is 4.79 Å². The Morgan fingerprint density at radius 2 is 2.00 bits per heavy atom. The van der Waals surface area contributed by atoms with Gasteiger partial charge in [-0.1, -0.05) is 41.9 Å². The lowest BCUT2D eigenvalue weighted by Crippen LogP contribution is -2.20. The average molecular weight is 270 g/mol. The van der Waals surface area contributed by atoms with E-state index in [1.54, 1.807) is 0 Å². The fraction of sp³-hybridized carbons (Fsp3) is 0.188. The van der Waals surface area contributed by atoms with Crippen LogP contribution in [0, 0.1) is 0 Å². The molecule has 2 nitrogen and oxygen atoms in total. The highest BCUT2D eigenvalue weighted by molar-refractivity contribution is 6.30. The number of fused-ring (bicyclic) bond motifs is 2. The van der Waals surface area contributed by atoms with Crippen molar-refractivity contribution in [1.82, 2.24) is 0 Å². The first-order chi connectivity index (χ1) is 9.22. The van der Waals surface area contributed by atoms with Gasteiger partial charge in [-0.05, 0) is 35.7 Å². The summed E-state index contributed by atoms with van der Waals surface area (Å²) in [5.41, 5.74) is 2.88. The molecule has 19 heavy (non-hydrogen) atoms. The molecule has 0 unspecified atom stereocenters. The van der Waals surface area contributed by atoms with Gasteiger partial charge in [0, 0.05) is 16.6 Å². The molecule has 94 valence electrons. The number of hydrogen-bond donors (Lipinski definition) is 1. The maximum atomic E-state index is 12.3. The summed E-state index contributed by atoms with van der Waals surface area (Å²) < 4.78 is 0. The smallest absolute Gasteiger partial charge is 0.235 e. The number of rotatable bonds is 1. The minimum Gasteiger partial charge on any atom is -0.325 e. The van der Waals surface area contributed by atoms with Gasteiger partial charge >= 0.3 is 0 Å². The first kappa shape index (κ1) is 11.1. The summed E-state index contributed by atoms with van der Waals surface area (Å²) in [6.07, 6.45) is 0.871. The highest BCUT2D eigenvalue weighted by Crippen LogP contribution is 2.64. The van der Waals surface area contributed by atoms with Crippen LogP contribution in [0.1, 0.15) is 23.5 Å². The van der Waals surface area contributed by atoms with E-state index < -0.39 is 0 Å². The predicted molar refractivity (Wildman–Crippen MR) is 75.6 cm³/mol. The molecule has 1 amide bonds. The Kier molecular flexibility index (Phi) is 2.10. The summed E-state index contributed by atoms with van der Waals surface area (Å²) in [6, 6.07) is 15.8. The molecule has 1 N–H and O–H groups in total. The largest absolute Gasteiger partial charge is 0.325 e. The Labute approximate surface area is 116 Å². The van der Waals surface area contributed by atoms with E-state index in [2.05, 4.69) is 17.4 Å². The molecule has 3 heteroatoms. The van der Waals surface area contributed by atoms with E-state index in [4.69, 9.17) is 11.6 Å². The number of anilines is 1. The minimum absolute atomic E-state index is 0.124. The number of amides is 1. The maximum Gasteiger partial charge on any atom is 0.235 e. The summed E-state index contributed by atoms with van der Waals surface area (Å²) in [7, 11) is 0. The molecule has 1 heterocycles. The molecular weight excluding hydrogens is 258 g/mol. The van der Waals surface area contributed by atoms with E-state index in [1.807, 2.05) is 36.4 Å². The van der Waals surface area contributed by atoms with E-state index in [0.29, 0.717) is 0 Å². The van der Waals surface area contributed by atoms with Gasteiger partial charge in [-0.2, -0.15) is 0 Å². The molecule has 1 saturated carbocycles. The van der Waals surface area contributed by atoms with E-state index >= 15 is 0 Å². The van der Waals surface area contributed by atoms with E-state index in [9.17, 15) is 4.79 Å². The van der Waals surface area contributed by atoms with Crippen molar-refractivity contribution in [1.29, 1.82) is 0 Å². The van der Waals surface area contributed by atoms with Crippen LogP contribution < -0.4 is 5.32 Å². The van der Waals surface area contributed by atoms with Crippen molar-refractivity contribution in [3.63, 3.8) is 0 Å². The van der Waals surface area contributed by atoms with E-state index in [1.165, 1.54) is 0 Å². The number of benzene rings is 2. The van der Waals surface area contributed by atoms with Crippen molar-refractivity contribution in [2.45, 2.75) is 17.8 Å². The average Bonchev–Trinajstić information content (AvgIpc) is 3.09. The van der Waals surface area contributed by atoms with Gasteiger partial charge < -0.3 is 5.32 Å². The Balaban J connectivity index is 1.80. The fourth-order valence-electron chi connectivity index (χ4n) is 3.27. The van der Waals surface area contributed by atoms with Gasteiger partial charge in [0.25, 0.3) is 0 Å². The van der Waals surface area contributed by atoms with Crippen LogP contribution in [0.15, 0.2) is 48.5 Å². The number of carbonyl (C=O) groups excluding carboxylic acids is 1. The van der Waals surface area contributed by atoms with Crippen LogP contribution in [0.4, 0.5) is 5.69 Å². The Morgan fingerprint density at radius 3 is 2.84 bits per heavy atom. The first-order valence-electron chi connectivity index (χ1n) is 6.38. The third-order valence-electron chi connectivity index (χ3n) is 4.27. The summed E-state index contributed by atoms with van der Waals surface area (Å²) in [5.74, 6) is 0.369. The molecule has 2 aromatic carbocycles. The van der Waals surface area contributed by atoms with Gasteiger partial charge in [0.1, 0.15) is 0 Å². The van der Waals surface area contributed by atoms with Crippen LogP contribution in [0.25, 0.3) is 0 Å². The molecule has 2 atom stereocenters. The molecule has 4 rings (SSSR count). The lowest BCUT2D eigenvalue weighted by atomic mass is 9.92. The molecule has 1 fully saturated rings. The topological polar surface area (TPSA) is 29.1 Å². The fourth-order valence-corrected chi connectivity index (χ4v) is 3.47. The summed E-state index contributed by atoms with van der Waals surface area (Å²) in [6.45, 7) is 0. The van der Waals surface area contributed by atoms with Crippen LogP contribution >= 0.6 is 11.6 Å². The maximum absolute atomic E-state index is 12.3. The van der Waals surface area contributed by atoms with Gasteiger partial charge in [-0.15, -0.1) is 0 Å². The highest BCUT2D eigenvalue weighted by Gasteiger charge is 2.64. The molecule has 0 aromatic heterocycles. The standard InChI is InChI=1S/C16H12ClNO/c17-11-5-3-4-10(8-11)13-9-16(13)12-6-1-2-7-14(12)18-15(16)19/h1-8,13H,9H2,(H,18,19)/t13-,16-/m0/s1. The van der Waals surface area contributed by atoms with Gasteiger partial charge in [0.15, 0.2) is 0 Å². The van der Waals surface area contributed by atoms with Crippen LogP contribution in [-0.4, -0.2) is 5.91 Å². The third-order valence-corrected chi connectivity index (χ3v) is 4.51. The zero-order valence-corrected chi connectivity index (χ0v) is 10.9. The molecule has 0 radical (unpaired) electrons. The molecule has 2 aromatic rings. The van der Waals surface area contributed by atoms with Gasteiger partial charge in [-0.3, -0.25) is 4.79 Å². The predicted octanol–water partition coefficient (Wildman–Crippen LogP) is 3.72. The van der Waals surface area contributed by atoms with Crippen LogP contribution in [0.2, 0.25) is 5.02 Å². The van der Waals surface area contributed by atoms with Crippen molar-refractivity contribution in [3.8, 4) is 0 Å². The summed E-state index contributed by atoms with van der Waals surface area (Å²) >= 11 is 6.05. The van der Waals surface area contributed by atoms with Crippen molar-refractivity contribution in [2.75, 3.05) is 5.32 Å². The second-order valence-electron chi connectivity index (χ2n) is 5.28. The van der Waals surface area contributed by atoms with Crippen molar-refractivity contribution in [3.05, 3.63) is 64.7 Å². The Morgan fingerprint density at radius 1 is 1.16 bits per heavy atom. The molecule has 1 spiro atoms. The van der Waals surface area contributed by atoms with Crippen LogP contribution in [0.3, 0.4) is 0 Å². The quantitative estimate of drug-likeness (QED) is 0.840. The molecule has 2 aliphatic rings. The molecule has 1 aliphatic heterocycles. The number of para-hydroxylation sites is 1. The second kappa shape index (κ2) is 3.61. The SMILES string of the molecule is O=C1Nc2ccccc2[C@]12C[C@H]2c1cccc(Cl)c1. The monoisotopic (exact) mass is 269 g/mol. The van der Waals surface area contributed by atoms with Gasteiger partial charge in [-0.25, -0.2) is 0 Å². The number of nitrogens with one attached hydrogen (secondary N) is 1. The zero-order chi connectivity index (χ0) is 13.0. The van der Waals surface area contributed by atoms with Gasteiger partial charge in [0.05, 0.1) is 5.41 Å². The highest BCUT2D eigenvalue weighted by atomic mass is 35.5. The Hall–Kier alpha value is -1.80. The lowest BCUT2D eigenvalue weighted by molar-refractivity contribution is -0.118. The number of carbonyl (C=O) groups is 1. The summed E-state index contributed by atoms with van der Waals surface area (Å²) in [4.78, 5) is 12.3. The lowest BCUT2D eigenvalue weighted by Gasteiger charge is -2.08. The van der Waals surface area contributed by atoms with Gasteiger partial charge in [0.2, 0.25) is 5.91 Å². The second-order valence-corrected chi connectivity index (χ2v) is 5.72.